The quantitative estimate of drug-likeness (QED) is 0.620. The topological polar surface area (TPSA) is 23.6 Å². The molecule has 0 N–H and O–H groups in total. The van der Waals surface area contributed by atoms with Crippen LogP contribution in [0.1, 0.15) is 38.2 Å². The molecule has 0 amide bonds. The second kappa shape index (κ2) is 8.07. The van der Waals surface area contributed by atoms with Gasteiger partial charge in [0.15, 0.2) is 5.78 Å². The predicted molar refractivity (Wildman–Crippen MR) is 125 cm³/mol. The molecule has 1 saturated heterocycles. The van der Waals surface area contributed by atoms with Gasteiger partial charge in [0, 0.05) is 44.7 Å². The SMILES string of the molecule is Cc1ccc2c(c1)C(=O)C(c1ccccc1)(N1CCN(Cc3ccccc3C)CC1)C2. The number of nitrogens with zero attached hydrogens (tertiary/aromatic N) is 2. The fraction of sp³-hybridized carbons (Fsp3) is 0.321. The zero-order valence-corrected chi connectivity index (χ0v) is 18.5. The highest BCUT2D eigenvalue weighted by atomic mass is 16.1. The number of carbonyl (C=O) groups is 1. The summed E-state index contributed by atoms with van der Waals surface area (Å²) in [5.41, 5.74) is 6.54. The molecule has 0 radical (unpaired) electrons. The minimum atomic E-state index is -0.577. The normalized spacial score (nSPS) is 21.9. The van der Waals surface area contributed by atoms with E-state index in [1.54, 1.807) is 0 Å². The van der Waals surface area contributed by atoms with Crippen molar-refractivity contribution in [1.29, 1.82) is 0 Å². The fourth-order valence-electron chi connectivity index (χ4n) is 5.34. The summed E-state index contributed by atoms with van der Waals surface area (Å²) in [6, 6.07) is 25.4. The maximum Gasteiger partial charge on any atom is 0.188 e. The largest absolute Gasteiger partial charge is 0.297 e. The van der Waals surface area contributed by atoms with Gasteiger partial charge in [-0.15, -0.1) is 0 Å². The van der Waals surface area contributed by atoms with Crippen molar-refractivity contribution >= 4 is 5.78 Å². The second-order valence-electron chi connectivity index (χ2n) is 9.08. The van der Waals surface area contributed by atoms with E-state index in [0.29, 0.717) is 0 Å². The van der Waals surface area contributed by atoms with E-state index in [1.165, 1.54) is 16.7 Å². The Bertz CT molecular complexity index is 1100. The molecule has 3 aromatic rings. The van der Waals surface area contributed by atoms with Crippen LogP contribution in [-0.4, -0.2) is 41.8 Å². The first-order chi connectivity index (χ1) is 15.1. The summed E-state index contributed by atoms with van der Waals surface area (Å²) in [6.45, 7) is 9.00. The molecule has 0 bridgehead atoms. The lowest BCUT2D eigenvalue weighted by atomic mass is 9.83. The van der Waals surface area contributed by atoms with Gasteiger partial charge < -0.3 is 0 Å². The summed E-state index contributed by atoms with van der Waals surface area (Å²) in [5, 5.41) is 0. The highest BCUT2D eigenvalue weighted by molar-refractivity contribution is 6.08. The van der Waals surface area contributed by atoms with Crippen molar-refractivity contribution in [2.75, 3.05) is 26.2 Å². The molecule has 2 aliphatic rings. The average Bonchev–Trinajstić information content (AvgIpc) is 3.09. The van der Waals surface area contributed by atoms with Crippen LogP contribution in [0, 0.1) is 13.8 Å². The van der Waals surface area contributed by atoms with E-state index >= 15 is 0 Å². The third-order valence-electron chi connectivity index (χ3n) is 7.15. The van der Waals surface area contributed by atoms with Gasteiger partial charge in [-0.2, -0.15) is 0 Å². The van der Waals surface area contributed by atoms with Gasteiger partial charge in [-0.05, 0) is 42.2 Å². The van der Waals surface area contributed by atoms with Gasteiger partial charge in [0.25, 0.3) is 0 Å². The van der Waals surface area contributed by atoms with Gasteiger partial charge in [-0.25, -0.2) is 0 Å². The van der Waals surface area contributed by atoms with Crippen LogP contribution in [0.2, 0.25) is 0 Å². The molecule has 5 rings (SSSR count). The van der Waals surface area contributed by atoms with Gasteiger partial charge in [-0.1, -0.05) is 72.3 Å². The van der Waals surface area contributed by atoms with E-state index in [2.05, 4.69) is 90.4 Å². The van der Waals surface area contributed by atoms with Crippen LogP contribution in [0.3, 0.4) is 0 Å². The Labute approximate surface area is 185 Å². The minimum absolute atomic E-state index is 0.268. The van der Waals surface area contributed by atoms with Crippen molar-refractivity contribution in [3.05, 3.63) is 106 Å². The van der Waals surface area contributed by atoms with Crippen LogP contribution in [0.5, 0.6) is 0 Å². The van der Waals surface area contributed by atoms with E-state index in [1.807, 2.05) is 6.07 Å². The second-order valence-corrected chi connectivity index (χ2v) is 9.08. The van der Waals surface area contributed by atoms with Crippen LogP contribution in [0.25, 0.3) is 0 Å². The third-order valence-corrected chi connectivity index (χ3v) is 7.15. The van der Waals surface area contributed by atoms with Crippen LogP contribution < -0.4 is 0 Å². The lowest BCUT2D eigenvalue weighted by Gasteiger charge is -2.45. The lowest BCUT2D eigenvalue weighted by molar-refractivity contribution is 0.0288. The molecule has 1 aliphatic heterocycles. The number of aryl methyl sites for hydroxylation is 2. The first-order valence-corrected chi connectivity index (χ1v) is 11.3. The summed E-state index contributed by atoms with van der Waals surface area (Å²) in [6.07, 6.45) is 0.767. The molecule has 0 saturated carbocycles. The molecule has 0 aromatic heterocycles. The van der Waals surface area contributed by atoms with E-state index < -0.39 is 5.54 Å². The molecule has 0 spiro atoms. The first-order valence-electron chi connectivity index (χ1n) is 11.3. The van der Waals surface area contributed by atoms with Crippen molar-refractivity contribution in [2.45, 2.75) is 32.4 Å². The molecule has 3 aromatic carbocycles. The molecule has 3 nitrogen and oxygen atoms in total. The number of ketones is 1. The van der Waals surface area contributed by atoms with Crippen molar-refractivity contribution in [1.82, 2.24) is 9.80 Å². The lowest BCUT2D eigenvalue weighted by Crippen LogP contribution is -2.58. The highest BCUT2D eigenvalue weighted by Crippen LogP contribution is 2.43. The zero-order chi connectivity index (χ0) is 21.4. The van der Waals surface area contributed by atoms with Crippen LogP contribution >= 0.6 is 0 Å². The smallest absolute Gasteiger partial charge is 0.188 e. The summed E-state index contributed by atoms with van der Waals surface area (Å²) in [7, 11) is 0. The maximum atomic E-state index is 13.9. The van der Waals surface area contributed by atoms with Crippen molar-refractivity contribution in [3.8, 4) is 0 Å². The summed E-state index contributed by atoms with van der Waals surface area (Å²) in [4.78, 5) is 18.9. The Morgan fingerprint density at radius 2 is 1.55 bits per heavy atom. The van der Waals surface area contributed by atoms with E-state index in [-0.39, 0.29) is 5.78 Å². The molecule has 1 atom stereocenters. The first kappa shape index (κ1) is 20.2. The van der Waals surface area contributed by atoms with E-state index in [9.17, 15) is 4.79 Å². The van der Waals surface area contributed by atoms with Gasteiger partial charge in [0.05, 0.1) is 0 Å². The number of benzene rings is 3. The van der Waals surface area contributed by atoms with Crippen molar-refractivity contribution < 1.29 is 4.79 Å². The Kier molecular flexibility index (Phi) is 5.25. The Morgan fingerprint density at radius 1 is 0.839 bits per heavy atom. The van der Waals surface area contributed by atoms with Gasteiger partial charge >= 0.3 is 0 Å². The van der Waals surface area contributed by atoms with Crippen LogP contribution in [0.4, 0.5) is 0 Å². The maximum absolute atomic E-state index is 13.9. The van der Waals surface area contributed by atoms with E-state index in [4.69, 9.17) is 0 Å². The highest BCUT2D eigenvalue weighted by Gasteiger charge is 2.51. The minimum Gasteiger partial charge on any atom is -0.297 e. The standard InChI is InChI=1S/C28H30N2O/c1-21-12-13-23-19-28(27(31)26(23)18-21,25-10-4-3-5-11-25)30-16-14-29(15-17-30)20-24-9-7-6-8-22(24)2/h3-13,18H,14-17,19-20H2,1-2H3. The average molecular weight is 411 g/mol. The number of piperazine rings is 1. The predicted octanol–water partition coefficient (Wildman–Crippen LogP) is 4.76. The summed E-state index contributed by atoms with van der Waals surface area (Å²) < 4.78 is 0. The van der Waals surface area contributed by atoms with Crippen LogP contribution in [-0.2, 0) is 18.5 Å². The number of rotatable bonds is 4. The van der Waals surface area contributed by atoms with Gasteiger partial charge in [-0.3, -0.25) is 14.6 Å². The molecular weight excluding hydrogens is 380 g/mol. The zero-order valence-electron chi connectivity index (χ0n) is 18.5. The molecule has 1 fully saturated rings. The number of carbonyl (C=O) groups excluding carboxylic acids is 1. The summed E-state index contributed by atoms with van der Waals surface area (Å²) in [5.74, 6) is 0.268. The monoisotopic (exact) mass is 410 g/mol. The molecule has 3 heteroatoms. The van der Waals surface area contributed by atoms with Gasteiger partial charge in [0.2, 0.25) is 0 Å². The third kappa shape index (κ3) is 3.52. The fourth-order valence-corrected chi connectivity index (χ4v) is 5.34. The number of Topliss-reactive ketones (excluding diaryl/α,β-unsaturated/α-hetero) is 1. The molecule has 31 heavy (non-hydrogen) atoms. The Balaban J connectivity index is 1.42. The van der Waals surface area contributed by atoms with Crippen molar-refractivity contribution in [2.24, 2.45) is 0 Å². The molecule has 1 aliphatic carbocycles. The molecule has 1 unspecified atom stereocenters. The Morgan fingerprint density at radius 3 is 2.29 bits per heavy atom. The summed E-state index contributed by atoms with van der Waals surface area (Å²) >= 11 is 0. The van der Waals surface area contributed by atoms with Gasteiger partial charge in [0.1, 0.15) is 5.54 Å². The molecule has 158 valence electrons. The van der Waals surface area contributed by atoms with Crippen molar-refractivity contribution in [3.63, 3.8) is 0 Å². The molecular formula is C28H30N2O. The number of hydrogen-bond donors (Lipinski definition) is 0. The van der Waals surface area contributed by atoms with E-state index in [0.717, 1.165) is 55.8 Å². The molecule has 1 heterocycles. The number of hydrogen-bond acceptors (Lipinski definition) is 3. The Hall–Kier alpha value is -2.75. The number of fused-ring (bicyclic) bond motifs is 1. The van der Waals surface area contributed by atoms with Crippen LogP contribution in [0.15, 0.2) is 72.8 Å².